The van der Waals surface area contributed by atoms with Crippen LogP contribution in [0.4, 0.5) is 5.69 Å². The molecule has 1 aliphatic heterocycles. The van der Waals surface area contributed by atoms with Crippen LogP contribution in [0, 0.1) is 6.92 Å². The lowest BCUT2D eigenvalue weighted by Crippen LogP contribution is -2.29. The topological polar surface area (TPSA) is 83.6 Å². The number of rotatable bonds is 5. The van der Waals surface area contributed by atoms with Crippen LogP contribution >= 0.6 is 0 Å². The van der Waals surface area contributed by atoms with E-state index in [1.54, 1.807) is 30.3 Å². The third kappa shape index (κ3) is 4.78. The highest BCUT2D eigenvalue weighted by Gasteiger charge is 2.23. The smallest absolute Gasteiger partial charge is 0.255 e. The van der Waals surface area contributed by atoms with E-state index in [1.165, 1.54) is 6.26 Å². The van der Waals surface area contributed by atoms with E-state index < -0.39 is 9.84 Å². The third-order valence-corrected chi connectivity index (χ3v) is 5.64. The predicted molar refractivity (Wildman–Crippen MR) is 109 cm³/mol. The summed E-state index contributed by atoms with van der Waals surface area (Å²) in [5.41, 5.74) is 2.85. The fraction of sp³-hybridized carbons (Fsp3) is 0.333. The van der Waals surface area contributed by atoms with Gasteiger partial charge in [-0.1, -0.05) is 24.3 Å². The second-order valence-corrected chi connectivity index (χ2v) is 9.36. The molecule has 6 nitrogen and oxygen atoms in total. The number of hydrogen-bond donors (Lipinski definition) is 1. The maximum absolute atomic E-state index is 12.8. The summed E-state index contributed by atoms with van der Waals surface area (Å²) < 4.78 is 22.8. The molecule has 0 atom stereocenters. The van der Waals surface area contributed by atoms with Crippen LogP contribution in [0.3, 0.4) is 0 Å². The van der Waals surface area contributed by atoms with Crippen molar-refractivity contribution >= 4 is 27.3 Å². The summed E-state index contributed by atoms with van der Waals surface area (Å²) in [4.78, 5) is 27.3. The molecule has 1 fully saturated rings. The number of carbonyl (C=O) groups is 2. The number of anilines is 1. The molecule has 28 heavy (non-hydrogen) atoms. The molecular formula is C21H24N2O4S. The van der Waals surface area contributed by atoms with Gasteiger partial charge in [0, 0.05) is 24.9 Å². The summed E-state index contributed by atoms with van der Waals surface area (Å²) in [7, 11) is -3.13. The molecule has 1 N–H and O–H groups in total. The molecule has 0 aromatic heterocycles. The Balaban J connectivity index is 1.81. The van der Waals surface area contributed by atoms with E-state index in [1.807, 2.05) is 24.0 Å². The molecule has 1 aliphatic rings. The molecule has 0 radical (unpaired) electrons. The van der Waals surface area contributed by atoms with Gasteiger partial charge >= 0.3 is 0 Å². The Bertz CT molecular complexity index is 992. The molecule has 2 amide bonds. The van der Waals surface area contributed by atoms with E-state index in [9.17, 15) is 18.0 Å². The first-order chi connectivity index (χ1) is 13.2. The molecule has 3 rings (SSSR count). The number of hydrogen-bond acceptors (Lipinski definition) is 4. The lowest BCUT2D eigenvalue weighted by atomic mass is 10.1. The van der Waals surface area contributed by atoms with Crippen molar-refractivity contribution in [3.63, 3.8) is 0 Å². The van der Waals surface area contributed by atoms with E-state index in [0.29, 0.717) is 22.4 Å². The number of para-hydroxylation sites is 1. The van der Waals surface area contributed by atoms with Gasteiger partial charge in [0.1, 0.15) is 0 Å². The minimum atomic E-state index is -3.13. The van der Waals surface area contributed by atoms with E-state index in [0.717, 1.165) is 31.5 Å². The van der Waals surface area contributed by atoms with Crippen LogP contribution in [0.15, 0.2) is 42.5 Å². The Morgan fingerprint density at radius 2 is 1.68 bits per heavy atom. The highest BCUT2D eigenvalue weighted by atomic mass is 32.2. The highest BCUT2D eigenvalue weighted by Crippen LogP contribution is 2.24. The van der Waals surface area contributed by atoms with Crippen molar-refractivity contribution in [3.05, 3.63) is 64.7 Å². The molecule has 0 spiro atoms. The first-order valence-corrected chi connectivity index (χ1v) is 11.3. The zero-order chi connectivity index (χ0) is 20.3. The van der Waals surface area contributed by atoms with E-state index >= 15 is 0 Å². The lowest BCUT2D eigenvalue weighted by molar-refractivity contribution is 0.0793. The quantitative estimate of drug-likeness (QED) is 0.836. The van der Waals surface area contributed by atoms with Gasteiger partial charge in [-0.3, -0.25) is 9.59 Å². The third-order valence-electron chi connectivity index (χ3n) is 4.78. The number of amides is 2. The number of nitrogens with one attached hydrogen (secondary N) is 1. The molecule has 2 aromatic rings. The lowest BCUT2D eigenvalue weighted by Gasteiger charge is -2.19. The Labute approximate surface area is 165 Å². The van der Waals surface area contributed by atoms with Crippen molar-refractivity contribution in [2.45, 2.75) is 25.5 Å². The summed E-state index contributed by atoms with van der Waals surface area (Å²) in [6.07, 6.45) is 3.17. The molecule has 7 heteroatoms. The van der Waals surface area contributed by atoms with Gasteiger partial charge in [0.2, 0.25) is 0 Å². The van der Waals surface area contributed by atoms with Gasteiger partial charge in [0.25, 0.3) is 11.8 Å². The normalized spacial score (nSPS) is 14.1. The minimum absolute atomic E-state index is 0.0683. The fourth-order valence-corrected chi connectivity index (χ4v) is 4.14. The first-order valence-electron chi connectivity index (χ1n) is 9.21. The number of carbonyl (C=O) groups excluding carboxylic acids is 2. The average molecular weight is 401 g/mol. The molecule has 0 bridgehead atoms. The summed E-state index contributed by atoms with van der Waals surface area (Å²) in [6, 6.07) is 11.8. The van der Waals surface area contributed by atoms with Crippen molar-refractivity contribution < 1.29 is 18.0 Å². The average Bonchev–Trinajstić information content (AvgIpc) is 3.16. The number of sulfone groups is 1. The van der Waals surface area contributed by atoms with Crippen LogP contribution in [0.1, 0.15) is 44.7 Å². The largest absolute Gasteiger partial charge is 0.339 e. The molecule has 0 unspecified atom stereocenters. The molecule has 148 valence electrons. The second-order valence-electron chi connectivity index (χ2n) is 7.22. The molecule has 0 saturated carbocycles. The van der Waals surface area contributed by atoms with Gasteiger partial charge in [-0.2, -0.15) is 0 Å². The number of likely N-dealkylation sites (tertiary alicyclic amines) is 1. The molecule has 1 heterocycles. The Morgan fingerprint density at radius 1 is 1.04 bits per heavy atom. The van der Waals surface area contributed by atoms with E-state index in [4.69, 9.17) is 0 Å². The molecule has 2 aromatic carbocycles. The predicted octanol–water partition coefficient (Wildman–Crippen LogP) is 3.03. The van der Waals surface area contributed by atoms with Gasteiger partial charge in [-0.05, 0) is 49.1 Å². The Morgan fingerprint density at radius 3 is 2.29 bits per heavy atom. The standard InChI is InChI=1S/C21H24N2O4S/c1-15-6-5-7-18(21(25)23-12-3-4-13-23)19(15)22-20(24)17-10-8-16(9-11-17)14-28(2,26)27/h5-11H,3-4,12-14H2,1-2H3,(H,22,24). The summed E-state index contributed by atoms with van der Waals surface area (Å²) in [6.45, 7) is 3.33. The summed E-state index contributed by atoms with van der Waals surface area (Å²) >= 11 is 0. The number of benzene rings is 2. The van der Waals surface area contributed by atoms with Gasteiger partial charge in [0.15, 0.2) is 9.84 Å². The van der Waals surface area contributed by atoms with Crippen LogP contribution < -0.4 is 5.32 Å². The van der Waals surface area contributed by atoms with Crippen molar-refractivity contribution in [3.8, 4) is 0 Å². The van der Waals surface area contributed by atoms with Crippen molar-refractivity contribution in [2.75, 3.05) is 24.7 Å². The van der Waals surface area contributed by atoms with E-state index in [-0.39, 0.29) is 17.6 Å². The van der Waals surface area contributed by atoms with Crippen molar-refractivity contribution in [2.24, 2.45) is 0 Å². The van der Waals surface area contributed by atoms with Crippen LogP contribution in [0.25, 0.3) is 0 Å². The van der Waals surface area contributed by atoms with Crippen LogP contribution in [0.2, 0.25) is 0 Å². The zero-order valence-electron chi connectivity index (χ0n) is 16.1. The van der Waals surface area contributed by atoms with Gasteiger partial charge in [0.05, 0.1) is 17.0 Å². The van der Waals surface area contributed by atoms with Gasteiger partial charge in [-0.15, -0.1) is 0 Å². The summed E-state index contributed by atoms with van der Waals surface area (Å²) in [5, 5.41) is 2.86. The molecular weight excluding hydrogens is 376 g/mol. The van der Waals surface area contributed by atoms with Gasteiger partial charge < -0.3 is 10.2 Å². The summed E-state index contributed by atoms with van der Waals surface area (Å²) in [5.74, 6) is -0.475. The minimum Gasteiger partial charge on any atom is -0.339 e. The maximum Gasteiger partial charge on any atom is 0.255 e. The van der Waals surface area contributed by atoms with Crippen molar-refractivity contribution in [1.29, 1.82) is 0 Å². The SMILES string of the molecule is Cc1cccc(C(=O)N2CCCC2)c1NC(=O)c1ccc(CS(C)(=O)=O)cc1. The number of nitrogens with zero attached hydrogens (tertiary/aromatic N) is 1. The van der Waals surface area contributed by atoms with Crippen molar-refractivity contribution in [1.82, 2.24) is 4.90 Å². The zero-order valence-corrected chi connectivity index (χ0v) is 16.9. The van der Waals surface area contributed by atoms with Crippen LogP contribution in [0.5, 0.6) is 0 Å². The Kier molecular flexibility index (Phi) is 5.84. The maximum atomic E-state index is 12.8. The van der Waals surface area contributed by atoms with Crippen LogP contribution in [-0.4, -0.2) is 44.5 Å². The number of aryl methyl sites for hydroxylation is 1. The second kappa shape index (κ2) is 8.14. The first kappa shape index (κ1) is 20.1. The Hall–Kier alpha value is -2.67. The van der Waals surface area contributed by atoms with Gasteiger partial charge in [-0.25, -0.2) is 8.42 Å². The monoisotopic (exact) mass is 400 g/mol. The fourth-order valence-electron chi connectivity index (χ4n) is 3.34. The van der Waals surface area contributed by atoms with Crippen LogP contribution in [-0.2, 0) is 15.6 Å². The molecule has 1 saturated heterocycles. The highest BCUT2D eigenvalue weighted by molar-refractivity contribution is 7.89. The van der Waals surface area contributed by atoms with E-state index in [2.05, 4.69) is 5.32 Å². The molecule has 0 aliphatic carbocycles.